The minimum atomic E-state index is -1.07. The van der Waals surface area contributed by atoms with Crippen molar-refractivity contribution in [2.75, 3.05) is 6.54 Å². The van der Waals surface area contributed by atoms with E-state index in [0.29, 0.717) is 22.0 Å². The number of carbonyl (C=O) groups is 2. The van der Waals surface area contributed by atoms with Crippen molar-refractivity contribution in [1.29, 1.82) is 0 Å². The number of nitrogens with zero attached hydrogens (tertiary/aromatic N) is 1. The van der Waals surface area contributed by atoms with E-state index in [1.807, 2.05) is 48.5 Å². The van der Waals surface area contributed by atoms with Crippen molar-refractivity contribution in [2.24, 2.45) is 0 Å². The third-order valence-corrected chi connectivity index (χ3v) is 6.51. The number of ether oxygens (including phenoxy) is 1. The Morgan fingerprint density at radius 2 is 1.74 bits per heavy atom. The van der Waals surface area contributed by atoms with Crippen LogP contribution in [0.5, 0.6) is 5.75 Å². The number of rotatable bonds is 8. The van der Waals surface area contributed by atoms with Crippen LogP contribution in [0.15, 0.2) is 66.7 Å². The molecule has 34 heavy (non-hydrogen) atoms. The van der Waals surface area contributed by atoms with Gasteiger partial charge >= 0.3 is 5.97 Å². The molecule has 0 saturated heterocycles. The van der Waals surface area contributed by atoms with Crippen LogP contribution in [-0.4, -0.2) is 34.0 Å². The van der Waals surface area contributed by atoms with E-state index < -0.39 is 18.1 Å². The van der Waals surface area contributed by atoms with E-state index in [2.05, 4.69) is 6.92 Å². The SMILES string of the molecule is CC1(Cc2ccc(Cl)cc2)Cc2cc(CC(=O)N(CC(=O)O)Cc3ccccc3Cl)ccc2O1. The van der Waals surface area contributed by atoms with E-state index in [0.717, 1.165) is 28.9 Å². The van der Waals surface area contributed by atoms with Crippen LogP contribution in [-0.2, 0) is 35.4 Å². The van der Waals surface area contributed by atoms with Crippen LogP contribution < -0.4 is 4.74 Å². The molecule has 0 aliphatic carbocycles. The van der Waals surface area contributed by atoms with Gasteiger partial charge in [0.05, 0.1) is 6.42 Å². The number of carbonyl (C=O) groups excluding carboxylic acids is 1. The van der Waals surface area contributed by atoms with Gasteiger partial charge in [0.15, 0.2) is 0 Å². The zero-order valence-electron chi connectivity index (χ0n) is 18.8. The number of hydrogen-bond acceptors (Lipinski definition) is 3. The maximum absolute atomic E-state index is 13.0. The summed E-state index contributed by atoms with van der Waals surface area (Å²) in [6.45, 7) is 1.82. The summed E-state index contributed by atoms with van der Waals surface area (Å²) in [7, 11) is 0. The van der Waals surface area contributed by atoms with Crippen LogP contribution >= 0.6 is 23.2 Å². The van der Waals surface area contributed by atoms with E-state index in [-0.39, 0.29) is 18.9 Å². The fraction of sp³-hybridized carbons (Fsp3) is 0.259. The highest BCUT2D eigenvalue weighted by atomic mass is 35.5. The lowest BCUT2D eigenvalue weighted by molar-refractivity contribution is -0.144. The maximum Gasteiger partial charge on any atom is 0.323 e. The van der Waals surface area contributed by atoms with Crippen molar-refractivity contribution in [3.8, 4) is 5.75 Å². The molecule has 3 aromatic rings. The number of benzene rings is 3. The molecule has 1 aliphatic heterocycles. The second-order valence-corrected chi connectivity index (χ2v) is 9.73. The first kappa shape index (κ1) is 24.1. The average molecular weight is 498 g/mol. The molecule has 3 aromatic carbocycles. The topological polar surface area (TPSA) is 66.8 Å². The molecule has 176 valence electrons. The highest BCUT2D eigenvalue weighted by Gasteiger charge is 2.35. The average Bonchev–Trinajstić information content (AvgIpc) is 3.11. The predicted octanol–water partition coefficient (Wildman–Crippen LogP) is 5.59. The first-order valence-electron chi connectivity index (χ1n) is 11.0. The molecule has 4 rings (SSSR count). The summed E-state index contributed by atoms with van der Waals surface area (Å²) in [5.74, 6) is -0.531. The standard InChI is InChI=1S/C27H25Cl2NO4/c1-27(14-18-6-9-22(28)10-7-18)15-21-12-19(8-11-24(21)34-27)13-25(31)30(17-26(32)33)16-20-4-2-3-5-23(20)29/h2-12H,13-17H2,1H3,(H,32,33). The van der Waals surface area contributed by atoms with Crippen LogP contribution in [0, 0.1) is 0 Å². The molecule has 1 N–H and O–H groups in total. The highest BCUT2D eigenvalue weighted by molar-refractivity contribution is 6.31. The first-order valence-corrected chi connectivity index (χ1v) is 11.7. The maximum atomic E-state index is 13.0. The van der Waals surface area contributed by atoms with Gasteiger partial charge < -0.3 is 14.7 Å². The molecular formula is C27H25Cl2NO4. The quantitative estimate of drug-likeness (QED) is 0.440. The Hall–Kier alpha value is -3.02. The molecule has 0 fully saturated rings. The molecule has 1 unspecified atom stereocenters. The Kier molecular flexibility index (Phi) is 7.15. The minimum Gasteiger partial charge on any atom is -0.487 e. The first-order chi connectivity index (χ1) is 16.2. The number of fused-ring (bicyclic) bond motifs is 1. The number of carboxylic acid groups (broad SMARTS) is 1. The number of carboxylic acids is 1. The van der Waals surface area contributed by atoms with Crippen molar-refractivity contribution < 1.29 is 19.4 Å². The van der Waals surface area contributed by atoms with Gasteiger partial charge in [0.1, 0.15) is 17.9 Å². The van der Waals surface area contributed by atoms with E-state index in [1.54, 1.807) is 18.2 Å². The summed E-state index contributed by atoms with van der Waals surface area (Å²) in [5, 5.41) is 10.5. The zero-order chi connectivity index (χ0) is 24.3. The lowest BCUT2D eigenvalue weighted by Gasteiger charge is -2.24. The summed E-state index contributed by atoms with van der Waals surface area (Å²) in [5.41, 5.74) is 3.31. The van der Waals surface area contributed by atoms with Crippen LogP contribution in [0.25, 0.3) is 0 Å². The Bertz CT molecular complexity index is 1210. The monoisotopic (exact) mass is 497 g/mol. The third-order valence-electron chi connectivity index (χ3n) is 5.89. The molecular weight excluding hydrogens is 473 g/mol. The summed E-state index contributed by atoms with van der Waals surface area (Å²) in [6.07, 6.45) is 1.54. The lowest BCUT2D eigenvalue weighted by atomic mass is 9.91. The molecule has 0 aromatic heterocycles. The number of hydrogen-bond donors (Lipinski definition) is 1. The van der Waals surface area contributed by atoms with Gasteiger partial charge in [-0.3, -0.25) is 9.59 Å². The summed E-state index contributed by atoms with van der Waals surface area (Å²) in [6, 6.07) is 20.6. The van der Waals surface area contributed by atoms with Crippen LogP contribution in [0.1, 0.15) is 29.2 Å². The molecule has 1 amide bonds. The van der Waals surface area contributed by atoms with Crippen molar-refractivity contribution in [1.82, 2.24) is 4.90 Å². The highest BCUT2D eigenvalue weighted by Crippen LogP contribution is 2.37. The minimum absolute atomic E-state index is 0.0961. The van der Waals surface area contributed by atoms with Gasteiger partial charge in [-0.15, -0.1) is 0 Å². The third kappa shape index (κ3) is 5.91. The Morgan fingerprint density at radius 1 is 1.03 bits per heavy atom. The van der Waals surface area contributed by atoms with Gasteiger partial charge in [-0.2, -0.15) is 0 Å². The van der Waals surface area contributed by atoms with Gasteiger partial charge in [-0.25, -0.2) is 0 Å². The summed E-state index contributed by atoms with van der Waals surface area (Å²) < 4.78 is 6.26. The Balaban J connectivity index is 1.46. The molecule has 1 heterocycles. The van der Waals surface area contributed by atoms with Crippen LogP contribution in [0.3, 0.4) is 0 Å². The molecule has 0 spiro atoms. The van der Waals surface area contributed by atoms with Crippen molar-refractivity contribution in [3.05, 3.63) is 99.0 Å². The van der Waals surface area contributed by atoms with E-state index in [4.69, 9.17) is 27.9 Å². The molecule has 1 aliphatic rings. The fourth-order valence-electron chi connectivity index (χ4n) is 4.33. The van der Waals surface area contributed by atoms with Gasteiger partial charge in [0, 0.05) is 29.4 Å². The van der Waals surface area contributed by atoms with Crippen molar-refractivity contribution >= 4 is 35.1 Å². The van der Waals surface area contributed by atoms with Crippen LogP contribution in [0.2, 0.25) is 10.0 Å². The second kappa shape index (κ2) is 10.1. The van der Waals surface area contributed by atoms with Gasteiger partial charge in [0.2, 0.25) is 5.91 Å². The largest absolute Gasteiger partial charge is 0.487 e. The molecule has 1 atom stereocenters. The van der Waals surface area contributed by atoms with Crippen LogP contribution in [0.4, 0.5) is 0 Å². The summed E-state index contributed by atoms with van der Waals surface area (Å²) in [4.78, 5) is 25.7. The molecule has 0 bridgehead atoms. The predicted molar refractivity (Wildman–Crippen MR) is 133 cm³/mol. The van der Waals surface area contributed by atoms with Gasteiger partial charge in [0.25, 0.3) is 0 Å². The molecule has 7 heteroatoms. The zero-order valence-corrected chi connectivity index (χ0v) is 20.3. The van der Waals surface area contributed by atoms with E-state index >= 15 is 0 Å². The van der Waals surface area contributed by atoms with E-state index in [9.17, 15) is 14.7 Å². The molecule has 0 saturated carbocycles. The van der Waals surface area contributed by atoms with Crippen molar-refractivity contribution in [3.63, 3.8) is 0 Å². The fourth-order valence-corrected chi connectivity index (χ4v) is 4.65. The normalized spacial score (nSPS) is 16.6. The Labute approximate surface area is 208 Å². The Morgan fingerprint density at radius 3 is 2.44 bits per heavy atom. The molecule has 0 radical (unpaired) electrons. The second-order valence-electron chi connectivity index (χ2n) is 8.89. The number of amides is 1. The number of halogens is 2. The smallest absolute Gasteiger partial charge is 0.323 e. The summed E-state index contributed by atoms with van der Waals surface area (Å²) >= 11 is 12.2. The van der Waals surface area contributed by atoms with Crippen molar-refractivity contribution in [2.45, 2.75) is 38.3 Å². The van der Waals surface area contributed by atoms with Gasteiger partial charge in [-0.05, 0) is 53.4 Å². The van der Waals surface area contributed by atoms with Gasteiger partial charge in [-0.1, -0.05) is 65.7 Å². The van der Waals surface area contributed by atoms with E-state index in [1.165, 1.54) is 4.90 Å². The molecule has 5 nitrogen and oxygen atoms in total. The number of aliphatic carboxylic acids is 1. The lowest BCUT2D eigenvalue weighted by Crippen LogP contribution is -2.36.